The summed E-state index contributed by atoms with van der Waals surface area (Å²) in [5.74, 6) is 0. The minimum absolute atomic E-state index is 0.339. The average Bonchev–Trinajstić information content (AvgIpc) is 2.12. The van der Waals surface area contributed by atoms with E-state index in [0.717, 1.165) is 26.2 Å². The summed E-state index contributed by atoms with van der Waals surface area (Å²) in [6.45, 7) is 13.7. The Labute approximate surface area is 102 Å². The van der Waals surface area contributed by atoms with Gasteiger partial charge in [-0.05, 0) is 40.0 Å². The number of hydrogen-bond donors (Lipinski definition) is 1. The average molecular weight is 229 g/mol. The summed E-state index contributed by atoms with van der Waals surface area (Å²) in [5.41, 5.74) is 0.339. The molecule has 0 aliphatic carbocycles. The van der Waals surface area contributed by atoms with E-state index in [0.29, 0.717) is 11.5 Å². The number of nitrogens with one attached hydrogen (secondary N) is 1. The highest BCUT2D eigenvalue weighted by Gasteiger charge is 2.23. The van der Waals surface area contributed by atoms with Gasteiger partial charge >= 0.3 is 0 Å². The van der Waals surface area contributed by atoms with Gasteiger partial charge in [-0.25, -0.2) is 0 Å². The van der Waals surface area contributed by atoms with E-state index >= 15 is 0 Å². The maximum atomic E-state index is 3.28. The fraction of sp³-hybridized carbons (Fsp3) is 1.00. The molecule has 0 fully saturated rings. The van der Waals surface area contributed by atoms with E-state index < -0.39 is 0 Å². The van der Waals surface area contributed by atoms with Crippen LogP contribution >= 0.6 is 0 Å². The summed E-state index contributed by atoms with van der Waals surface area (Å²) in [7, 11) is 6.31. The molecule has 3 heteroatoms. The molecule has 98 valence electrons. The lowest BCUT2D eigenvalue weighted by atomic mass is 9.92. The fourth-order valence-electron chi connectivity index (χ4n) is 2.31. The molecule has 0 rings (SSSR count). The van der Waals surface area contributed by atoms with Gasteiger partial charge in [-0.15, -0.1) is 0 Å². The lowest BCUT2D eigenvalue weighted by molar-refractivity contribution is 0.124. The van der Waals surface area contributed by atoms with Gasteiger partial charge in [-0.1, -0.05) is 20.8 Å². The Morgan fingerprint density at radius 1 is 1.25 bits per heavy atom. The van der Waals surface area contributed by atoms with Crippen LogP contribution < -0.4 is 5.32 Å². The maximum absolute atomic E-state index is 3.28. The molecule has 1 atom stereocenters. The van der Waals surface area contributed by atoms with Crippen LogP contribution in [0.5, 0.6) is 0 Å². The molecule has 1 unspecified atom stereocenters. The highest BCUT2D eigenvalue weighted by atomic mass is 15.2. The molecule has 0 heterocycles. The van der Waals surface area contributed by atoms with E-state index in [4.69, 9.17) is 0 Å². The van der Waals surface area contributed by atoms with Crippen LogP contribution in [-0.4, -0.2) is 63.2 Å². The fourth-order valence-corrected chi connectivity index (χ4v) is 2.31. The Hall–Kier alpha value is -0.120. The summed E-state index contributed by atoms with van der Waals surface area (Å²) in [5, 5.41) is 3.28. The molecule has 0 amide bonds. The third-order valence-electron chi connectivity index (χ3n) is 2.95. The molecule has 3 nitrogen and oxygen atoms in total. The zero-order valence-electron chi connectivity index (χ0n) is 12.3. The Bertz CT molecular complexity index is 178. The van der Waals surface area contributed by atoms with Crippen molar-refractivity contribution in [1.82, 2.24) is 15.1 Å². The van der Waals surface area contributed by atoms with Gasteiger partial charge in [0.15, 0.2) is 0 Å². The normalized spacial score (nSPS) is 14.8. The van der Waals surface area contributed by atoms with Crippen LogP contribution in [0.1, 0.15) is 27.7 Å². The third-order valence-corrected chi connectivity index (χ3v) is 2.95. The van der Waals surface area contributed by atoms with Crippen LogP contribution in [0.3, 0.4) is 0 Å². The maximum Gasteiger partial charge on any atom is 0.0194 e. The van der Waals surface area contributed by atoms with E-state index in [9.17, 15) is 0 Å². The van der Waals surface area contributed by atoms with E-state index in [1.54, 1.807) is 0 Å². The molecule has 1 N–H and O–H groups in total. The largest absolute Gasteiger partial charge is 0.319 e. The second kappa shape index (κ2) is 7.25. The molecule has 0 bridgehead atoms. The first-order valence-electron chi connectivity index (χ1n) is 6.35. The molecule has 0 saturated carbocycles. The molecule has 0 saturated heterocycles. The van der Waals surface area contributed by atoms with Crippen molar-refractivity contribution in [2.75, 3.05) is 47.3 Å². The number of nitrogens with zero attached hydrogens (tertiary/aromatic N) is 2. The third kappa shape index (κ3) is 6.46. The Morgan fingerprint density at radius 2 is 1.81 bits per heavy atom. The number of rotatable bonds is 8. The van der Waals surface area contributed by atoms with E-state index in [1.165, 1.54) is 0 Å². The van der Waals surface area contributed by atoms with Crippen molar-refractivity contribution in [2.45, 2.75) is 33.7 Å². The highest BCUT2D eigenvalue weighted by molar-refractivity contribution is 4.79. The van der Waals surface area contributed by atoms with Crippen LogP contribution in [-0.2, 0) is 0 Å². The Kier molecular flexibility index (Phi) is 7.20. The summed E-state index contributed by atoms with van der Waals surface area (Å²) < 4.78 is 0. The van der Waals surface area contributed by atoms with E-state index in [-0.39, 0.29) is 0 Å². The molecule has 0 radical (unpaired) electrons. The summed E-state index contributed by atoms with van der Waals surface area (Å²) in [4.78, 5) is 4.83. The van der Waals surface area contributed by atoms with Gasteiger partial charge in [0.05, 0.1) is 0 Å². The topological polar surface area (TPSA) is 18.5 Å². The standard InChI is InChI=1S/C13H31N3/c1-8-16(12(2)9-15(6)7)11-13(3,4)10-14-5/h12,14H,8-11H2,1-7H3. The molecule has 0 aliphatic heterocycles. The van der Waals surface area contributed by atoms with Crippen LogP contribution in [0, 0.1) is 5.41 Å². The van der Waals surface area contributed by atoms with Crippen LogP contribution in [0.4, 0.5) is 0 Å². The van der Waals surface area contributed by atoms with Crippen molar-refractivity contribution in [1.29, 1.82) is 0 Å². The van der Waals surface area contributed by atoms with Crippen LogP contribution in [0.2, 0.25) is 0 Å². The van der Waals surface area contributed by atoms with Crippen LogP contribution in [0.25, 0.3) is 0 Å². The highest BCUT2D eigenvalue weighted by Crippen LogP contribution is 2.17. The number of hydrogen-bond acceptors (Lipinski definition) is 3. The molecule has 0 spiro atoms. The second-order valence-corrected chi connectivity index (χ2v) is 5.87. The van der Waals surface area contributed by atoms with Gasteiger partial charge < -0.3 is 10.2 Å². The van der Waals surface area contributed by atoms with Gasteiger partial charge in [0.2, 0.25) is 0 Å². The van der Waals surface area contributed by atoms with Crippen molar-refractivity contribution < 1.29 is 0 Å². The van der Waals surface area contributed by atoms with E-state index in [2.05, 4.69) is 56.9 Å². The van der Waals surface area contributed by atoms with Gasteiger partial charge in [0.1, 0.15) is 0 Å². The van der Waals surface area contributed by atoms with Crippen molar-refractivity contribution in [3.63, 3.8) is 0 Å². The Morgan fingerprint density at radius 3 is 2.19 bits per heavy atom. The lowest BCUT2D eigenvalue weighted by Crippen LogP contribution is -2.46. The van der Waals surface area contributed by atoms with Gasteiger partial charge in [-0.2, -0.15) is 0 Å². The first kappa shape index (κ1) is 15.9. The first-order chi connectivity index (χ1) is 7.32. The summed E-state index contributed by atoms with van der Waals surface area (Å²) >= 11 is 0. The van der Waals surface area contributed by atoms with Gasteiger partial charge in [-0.3, -0.25) is 4.90 Å². The van der Waals surface area contributed by atoms with Crippen molar-refractivity contribution in [3.05, 3.63) is 0 Å². The molecular weight excluding hydrogens is 198 g/mol. The monoisotopic (exact) mass is 229 g/mol. The summed E-state index contributed by atoms with van der Waals surface area (Å²) in [6, 6.07) is 0.621. The first-order valence-corrected chi connectivity index (χ1v) is 6.35. The molecule has 0 aromatic rings. The predicted molar refractivity (Wildman–Crippen MR) is 73.0 cm³/mol. The van der Waals surface area contributed by atoms with E-state index in [1.807, 2.05) is 7.05 Å². The van der Waals surface area contributed by atoms with Crippen molar-refractivity contribution >= 4 is 0 Å². The zero-order valence-corrected chi connectivity index (χ0v) is 12.3. The minimum Gasteiger partial charge on any atom is -0.319 e. The van der Waals surface area contributed by atoms with Crippen molar-refractivity contribution in [3.8, 4) is 0 Å². The predicted octanol–water partition coefficient (Wildman–Crippen LogP) is 1.50. The second-order valence-electron chi connectivity index (χ2n) is 5.87. The number of likely N-dealkylation sites (N-methyl/N-ethyl adjacent to an activating group) is 2. The Balaban J connectivity index is 4.27. The van der Waals surface area contributed by atoms with Gasteiger partial charge in [0.25, 0.3) is 0 Å². The zero-order chi connectivity index (χ0) is 12.8. The van der Waals surface area contributed by atoms with Crippen molar-refractivity contribution in [2.24, 2.45) is 5.41 Å². The minimum atomic E-state index is 0.339. The molecule has 0 aromatic carbocycles. The SMILES string of the molecule is CCN(CC(C)(C)CNC)C(C)CN(C)C. The smallest absolute Gasteiger partial charge is 0.0194 e. The van der Waals surface area contributed by atoms with Crippen LogP contribution in [0.15, 0.2) is 0 Å². The molecule has 0 aliphatic rings. The lowest BCUT2D eigenvalue weighted by Gasteiger charge is -2.36. The quantitative estimate of drug-likeness (QED) is 0.680. The molecule has 16 heavy (non-hydrogen) atoms. The molecule has 0 aromatic heterocycles. The summed E-state index contributed by atoms with van der Waals surface area (Å²) in [6.07, 6.45) is 0. The molecular formula is C13H31N3. The van der Waals surface area contributed by atoms with Gasteiger partial charge in [0, 0.05) is 25.7 Å².